The fourth-order valence-corrected chi connectivity index (χ4v) is 3.62. The van der Waals surface area contributed by atoms with Crippen molar-refractivity contribution in [3.05, 3.63) is 11.8 Å². The third kappa shape index (κ3) is 12.2. The lowest BCUT2D eigenvalue weighted by atomic mass is 9.90. The maximum Gasteiger partial charge on any atom is 0.303 e. The van der Waals surface area contributed by atoms with Crippen molar-refractivity contribution in [2.75, 3.05) is 0 Å². The number of carbonyl (C=O) groups is 7. The normalized spacial score (nSPS) is 16.3. The minimum atomic E-state index is -1.26. The lowest BCUT2D eigenvalue weighted by molar-refractivity contribution is -0.138. The second kappa shape index (κ2) is 16.1. The number of carbonyl (C=O) groups excluding carboxylic acids is 6. The fraction of sp³-hybridized carbons (Fsp3) is 0.600. The van der Waals surface area contributed by atoms with Crippen LogP contribution in [0, 0.1) is 11.8 Å². The Bertz CT molecular complexity index is 1010. The summed E-state index contributed by atoms with van der Waals surface area (Å²) in [6.45, 7) is 0.810. The number of carboxylic acids is 1. The molecule has 0 spiro atoms. The largest absolute Gasteiger partial charge is 0.481 e. The molecule has 0 aromatic rings. The Morgan fingerprint density at radius 1 is 1.19 bits per heavy atom. The van der Waals surface area contributed by atoms with Gasteiger partial charge in [0.1, 0.15) is 19.5 Å². The van der Waals surface area contributed by atoms with Crippen LogP contribution in [0.5, 0.6) is 0 Å². The summed E-state index contributed by atoms with van der Waals surface area (Å²) in [5.41, 5.74) is 5.98. The fourth-order valence-electron chi connectivity index (χ4n) is 3.62. The highest BCUT2D eigenvalue weighted by Crippen LogP contribution is 2.17. The molecule has 4 atom stereocenters. The average molecular weight is 524 g/mol. The predicted octanol–water partition coefficient (Wildman–Crippen LogP) is 0.614. The van der Waals surface area contributed by atoms with Crippen LogP contribution in [0.25, 0.3) is 0 Å². The molecule has 0 bridgehead atoms. The Morgan fingerprint density at radius 3 is 2.46 bits per heavy atom. The number of aliphatic carboxylic acids is 1. The summed E-state index contributed by atoms with van der Waals surface area (Å²) in [6, 6.07) is -2.30. The predicted molar refractivity (Wildman–Crippen MR) is 133 cm³/mol. The molecular formula is C25H36N4O8. The number of nitrogens with two attached hydrogens (primary N) is 1. The smallest absolute Gasteiger partial charge is 0.303 e. The Kier molecular flexibility index (Phi) is 12.2. The number of hydrogen-bond donors (Lipinski definition) is 4. The molecule has 4 unspecified atom stereocenters. The van der Waals surface area contributed by atoms with E-state index in [1.54, 1.807) is 12.3 Å². The van der Waals surface area contributed by atoms with Crippen molar-refractivity contribution in [3.8, 4) is 0 Å². The molecule has 1 rings (SSSR count). The molecule has 5 N–H and O–H groups in total. The summed E-state index contributed by atoms with van der Waals surface area (Å²) in [7, 11) is 0. The van der Waals surface area contributed by atoms with Gasteiger partial charge in [0.15, 0.2) is 5.78 Å². The molecule has 0 saturated heterocycles. The molecule has 0 aliphatic carbocycles. The van der Waals surface area contributed by atoms with Crippen LogP contribution in [0.1, 0.15) is 74.4 Å². The van der Waals surface area contributed by atoms with E-state index in [1.165, 1.54) is 6.92 Å². The third-order valence-corrected chi connectivity index (χ3v) is 5.87. The molecular weight excluding hydrogens is 484 g/mol. The molecule has 0 aromatic carbocycles. The van der Waals surface area contributed by atoms with Gasteiger partial charge in [-0.3, -0.25) is 33.8 Å². The number of nitrogens with zero attached hydrogens (tertiary/aromatic N) is 1. The number of primary amides is 1. The molecule has 0 saturated carbocycles. The number of hydrogen-bond acceptors (Lipinski definition) is 8. The number of Topliss-reactive ketones (excluding diaryl/α,β-unsaturated/α-hetero) is 2. The van der Waals surface area contributed by atoms with Gasteiger partial charge in [-0.1, -0.05) is 13.0 Å². The molecule has 204 valence electrons. The minimum absolute atomic E-state index is 0.0306. The number of aldehydes is 1. The lowest BCUT2D eigenvalue weighted by Crippen LogP contribution is -2.47. The Morgan fingerprint density at radius 2 is 1.92 bits per heavy atom. The van der Waals surface area contributed by atoms with E-state index in [9.17, 15) is 33.6 Å². The van der Waals surface area contributed by atoms with Gasteiger partial charge in [0.05, 0.1) is 6.04 Å². The van der Waals surface area contributed by atoms with Crippen molar-refractivity contribution in [1.29, 1.82) is 0 Å². The molecule has 1 aliphatic heterocycles. The van der Waals surface area contributed by atoms with E-state index < -0.39 is 66.6 Å². The summed E-state index contributed by atoms with van der Waals surface area (Å²) in [5.74, 6) is -6.18. The van der Waals surface area contributed by atoms with E-state index in [0.29, 0.717) is 12.1 Å². The highest BCUT2D eigenvalue weighted by Gasteiger charge is 2.28. The van der Waals surface area contributed by atoms with Crippen LogP contribution < -0.4 is 16.4 Å². The number of amides is 3. The van der Waals surface area contributed by atoms with Gasteiger partial charge in [0.2, 0.25) is 17.7 Å². The SMILES string of the molecule is [2H]CC(CCC(=O)O)C(=O)NC(CCC(=O)NC(CC1=CCC=N1)C(N)=O)C(=O)CC(CCC([3H])=O)C(C)=O. The van der Waals surface area contributed by atoms with Gasteiger partial charge in [-0.25, -0.2) is 0 Å². The number of ketones is 2. The molecule has 1 heterocycles. The zero-order valence-corrected chi connectivity index (χ0v) is 20.9. The van der Waals surface area contributed by atoms with Gasteiger partial charge >= 0.3 is 5.97 Å². The standard InChI is InChI=1S/C25H36N4O8/c1-15(7-10-23(34)35)25(37)29-19(21(32)13-17(16(2)31)5-4-12-30)8-9-22(33)28-20(24(26)36)14-18-6-3-11-27-18/h6,11-12,15,17,19-20H,3-5,7-10,13-14H2,1-2H3,(H2,26,36)(H,28,33)(H,29,37)(H,34,35)/i1D,12T. The third-order valence-electron chi connectivity index (χ3n) is 5.87. The summed E-state index contributed by atoms with van der Waals surface area (Å²) in [6.07, 6.45) is 1.57. The lowest BCUT2D eigenvalue weighted by Gasteiger charge is -2.22. The molecule has 3 amide bonds. The van der Waals surface area contributed by atoms with E-state index in [0.717, 1.165) is 0 Å². The second-order valence-corrected chi connectivity index (χ2v) is 8.86. The highest BCUT2D eigenvalue weighted by molar-refractivity contribution is 5.93. The molecule has 12 nitrogen and oxygen atoms in total. The van der Waals surface area contributed by atoms with Gasteiger partial charge in [-0.05, 0) is 26.2 Å². The maximum absolute atomic E-state index is 13.1. The summed E-state index contributed by atoms with van der Waals surface area (Å²) < 4.78 is 14.6. The number of aliphatic imine (C=N–C) groups is 1. The monoisotopic (exact) mass is 523 g/mol. The molecule has 12 heteroatoms. The Labute approximate surface area is 218 Å². The van der Waals surface area contributed by atoms with Gasteiger partial charge in [-0.15, -0.1) is 0 Å². The minimum Gasteiger partial charge on any atom is -0.481 e. The molecule has 0 fully saturated rings. The van der Waals surface area contributed by atoms with Crippen molar-refractivity contribution in [2.45, 2.75) is 83.7 Å². The van der Waals surface area contributed by atoms with E-state index in [4.69, 9.17) is 13.6 Å². The van der Waals surface area contributed by atoms with Gasteiger partial charge in [-0.2, -0.15) is 0 Å². The first-order chi connectivity index (χ1) is 18.3. The van der Waals surface area contributed by atoms with Crippen LogP contribution in [0.15, 0.2) is 16.8 Å². The number of rotatable bonds is 19. The summed E-state index contributed by atoms with van der Waals surface area (Å²) in [5, 5.41) is 13.9. The Hall–Kier alpha value is -3.70. The molecule has 0 aromatic heterocycles. The van der Waals surface area contributed by atoms with Crippen molar-refractivity contribution in [2.24, 2.45) is 22.6 Å². The second-order valence-electron chi connectivity index (χ2n) is 8.86. The first-order valence-corrected chi connectivity index (χ1v) is 12.0. The first-order valence-electron chi connectivity index (χ1n) is 13.2. The van der Waals surface area contributed by atoms with Crippen LogP contribution in [-0.4, -0.2) is 64.9 Å². The molecule has 1 aliphatic rings. The van der Waals surface area contributed by atoms with Crippen LogP contribution in [0.4, 0.5) is 0 Å². The van der Waals surface area contributed by atoms with Crippen molar-refractivity contribution in [3.63, 3.8) is 0 Å². The van der Waals surface area contributed by atoms with E-state index >= 15 is 0 Å². The van der Waals surface area contributed by atoms with E-state index in [2.05, 4.69) is 15.6 Å². The molecule has 0 radical (unpaired) electrons. The Balaban J connectivity index is 2.97. The van der Waals surface area contributed by atoms with Crippen LogP contribution in [0.3, 0.4) is 0 Å². The zero-order chi connectivity index (χ0) is 29.5. The highest BCUT2D eigenvalue weighted by atomic mass is 16.4. The molecule has 37 heavy (non-hydrogen) atoms. The van der Waals surface area contributed by atoms with Crippen LogP contribution in [-0.2, 0) is 33.6 Å². The van der Waals surface area contributed by atoms with Gasteiger partial charge in [0.25, 0.3) is 0 Å². The topological polar surface area (TPSA) is 202 Å². The van der Waals surface area contributed by atoms with Crippen LogP contribution >= 0.6 is 0 Å². The van der Waals surface area contributed by atoms with E-state index in [-0.39, 0.29) is 57.1 Å². The van der Waals surface area contributed by atoms with E-state index in [1.807, 2.05) is 0 Å². The van der Waals surface area contributed by atoms with Crippen molar-refractivity contribution in [1.82, 2.24) is 10.6 Å². The maximum atomic E-state index is 13.1. The summed E-state index contributed by atoms with van der Waals surface area (Å²) >= 11 is 0. The van der Waals surface area contributed by atoms with Crippen molar-refractivity contribution < 1.29 is 41.4 Å². The number of nitrogens with one attached hydrogen (secondary N) is 2. The average Bonchev–Trinajstić information content (AvgIpc) is 3.36. The quantitative estimate of drug-likeness (QED) is 0.176. The summed E-state index contributed by atoms with van der Waals surface area (Å²) in [4.78, 5) is 88.3. The first kappa shape index (κ1) is 27.9. The van der Waals surface area contributed by atoms with Gasteiger partial charge < -0.3 is 26.3 Å². The van der Waals surface area contributed by atoms with Crippen LogP contribution in [0.2, 0.25) is 0 Å². The number of allylic oxidation sites excluding steroid dienone is 1. The number of carboxylic acid groups (broad SMARTS) is 1. The van der Waals surface area contributed by atoms with Gasteiger partial charge in [0, 0.05) is 63.6 Å². The van der Waals surface area contributed by atoms with Crippen molar-refractivity contribution >= 4 is 47.7 Å². The zero-order valence-electron chi connectivity index (χ0n) is 22.9.